The molecule has 0 aliphatic carbocycles. The fourth-order valence-corrected chi connectivity index (χ4v) is 2.57. The van der Waals surface area contributed by atoms with Gasteiger partial charge in [0.05, 0.1) is 5.69 Å². The van der Waals surface area contributed by atoms with E-state index in [4.69, 9.17) is 0 Å². The number of aryl methyl sites for hydroxylation is 1. The quantitative estimate of drug-likeness (QED) is 0.834. The van der Waals surface area contributed by atoms with Crippen molar-refractivity contribution in [3.63, 3.8) is 0 Å². The van der Waals surface area contributed by atoms with Crippen LogP contribution in [0.2, 0.25) is 0 Å². The lowest BCUT2D eigenvalue weighted by molar-refractivity contribution is 1.11. The molecule has 2 nitrogen and oxygen atoms in total. The summed E-state index contributed by atoms with van der Waals surface area (Å²) < 4.78 is 1.09. The lowest BCUT2D eigenvalue weighted by Crippen LogP contribution is -2.07. The normalized spacial score (nSPS) is 10.5. The highest BCUT2D eigenvalue weighted by Crippen LogP contribution is 2.31. The molecule has 0 aliphatic rings. The average molecular weight is 297 g/mol. The first-order valence-electron chi connectivity index (χ1n) is 4.98. The molecule has 2 aromatic rings. The highest BCUT2D eigenvalue weighted by molar-refractivity contribution is 9.10. The summed E-state index contributed by atoms with van der Waals surface area (Å²) in [4.78, 5) is 7.94. The number of hydrogen-bond acceptors (Lipinski definition) is 3. The zero-order chi connectivity index (χ0) is 11.7. The van der Waals surface area contributed by atoms with Crippen LogP contribution in [0.1, 0.15) is 4.88 Å². The van der Waals surface area contributed by atoms with Gasteiger partial charge in [0.2, 0.25) is 0 Å². The van der Waals surface area contributed by atoms with Crippen LogP contribution in [-0.4, -0.2) is 19.1 Å². The van der Waals surface area contributed by atoms with E-state index < -0.39 is 0 Å². The maximum Gasteiger partial charge on any atom is 0.185 e. The Bertz CT molecular complexity index is 488. The van der Waals surface area contributed by atoms with Crippen LogP contribution >= 0.6 is 27.3 Å². The van der Waals surface area contributed by atoms with E-state index in [0.717, 1.165) is 15.3 Å². The largest absolute Gasteiger partial charge is 0.354 e. The van der Waals surface area contributed by atoms with Crippen molar-refractivity contribution in [3.05, 3.63) is 33.6 Å². The number of rotatable bonds is 2. The lowest BCUT2D eigenvalue weighted by atomic mass is 10.1. The molecule has 0 saturated carbocycles. The maximum absolute atomic E-state index is 4.64. The molecule has 4 heteroatoms. The van der Waals surface area contributed by atoms with Crippen molar-refractivity contribution in [2.24, 2.45) is 0 Å². The van der Waals surface area contributed by atoms with Gasteiger partial charge in [-0.15, -0.1) is 11.3 Å². The van der Waals surface area contributed by atoms with Crippen LogP contribution in [0.5, 0.6) is 0 Å². The Morgan fingerprint density at radius 3 is 2.31 bits per heavy atom. The summed E-state index contributed by atoms with van der Waals surface area (Å²) in [6.07, 6.45) is 0. The van der Waals surface area contributed by atoms with Crippen molar-refractivity contribution in [1.29, 1.82) is 0 Å². The number of halogens is 1. The van der Waals surface area contributed by atoms with Gasteiger partial charge in [0.15, 0.2) is 5.13 Å². The Kier molecular flexibility index (Phi) is 3.30. The summed E-state index contributed by atoms with van der Waals surface area (Å²) in [5.41, 5.74) is 2.26. The minimum atomic E-state index is 1.05. The second kappa shape index (κ2) is 4.55. The molecular formula is C12H13BrN2S. The molecule has 1 aromatic heterocycles. The summed E-state index contributed by atoms with van der Waals surface area (Å²) in [5, 5.41) is 1.05. The Morgan fingerprint density at radius 2 is 1.81 bits per heavy atom. The molecule has 1 aromatic carbocycles. The highest BCUT2D eigenvalue weighted by atomic mass is 79.9. The molecular weight excluding hydrogens is 284 g/mol. The first-order chi connectivity index (χ1) is 7.58. The number of nitrogens with zero attached hydrogens (tertiary/aromatic N) is 2. The van der Waals surface area contributed by atoms with Gasteiger partial charge in [0.25, 0.3) is 0 Å². The van der Waals surface area contributed by atoms with Crippen LogP contribution in [0.15, 0.2) is 28.7 Å². The monoisotopic (exact) mass is 296 g/mol. The van der Waals surface area contributed by atoms with E-state index in [-0.39, 0.29) is 0 Å². The first-order valence-corrected chi connectivity index (χ1v) is 6.59. The average Bonchev–Trinajstić information content (AvgIpc) is 2.62. The number of hydrogen-bond donors (Lipinski definition) is 0. The second-order valence-electron chi connectivity index (χ2n) is 3.80. The van der Waals surface area contributed by atoms with E-state index in [9.17, 15) is 0 Å². The van der Waals surface area contributed by atoms with E-state index in [0.29, 0.717) is 0 Å². The van der Waals surface area contributed by atoms with E-state index in [1.807, 2.05) is 31.1 Å². The van der Waals surface area contributed by atoms with Crippen LogP contribution in [0, 0.1) is 6.92 Å². The molecule has 0 unspecified atom stereocenters. The Labute approximate surface area is 108 Å². The lowest BCUT2D eigenvalue weighted by Gasteiger charge is -2.05. The predicted molar refractivity (Wildman–Crippen MR) is 74.3 cm³/mol. The fourth-order valence-electron chi connectivity index (χ4n) is 1.45. The number of thiazole rings is 1. The Morgan fingerprint density at radius 1 is 1.19 bits per heavy atom. The minimum Gasteiger partial charge on any atom is -0.354 e. The molecule has 0 N–H and O–H groups in total. The van der Waals surface area contributed by atoms with E-state index >= 15 is 0 Å². The van der Waals surface area contributed by atoms with Crippen LogP contribution in [0.3, 0.4) is 0 Å². The van der Waals surface area contributed by atoms with Crippen LogP contribution in [0.4, 0.5) is 5.13 Å². The third-order valence-electron chi connectivity index (χ3n) is 2.29. The molecule has 84 valence electrons. The topological polar surface area (TPSA) is 16.1 Å². The third kappa shape index (κ3) is 2.28. The van der Waals surface area contributed by atoms with E-state index in [2.05, 4.69) is 40.0 Å². The van der Waals surface area contributed by atoms with Gasteiger partial charge in [0, 0.05) is 29.0 Å². The predicted octanol–water partition coefficient (Wildman–Crippen LogP) is 3.95. The molecule has 0 saturated heterocycles. The van der Waals surface area contributed by atoms with Crippen LogP contribution < -0.4 is 4.90 Å². The van der Waals surface area contributed by atoms with Gasteiger partial charge in [-0.2, -0.15) is 0 Å². The van der Waals surface area contributed by atoms with Gasteiger partial charge in [-0.1, -0.05) is 28.1 Å². The van der Waals surface area contributed by atoms with E-state index in [1.54, 1.807) is 11.3 Å². The van der Waals surface area contributed by atoms with Crippen molar-refractivity contribution in [2.75, 3.05) is 19.0 Å². The number of aromatic nitrogens is 1. The zero-order valence-corrected chi connectivity index (χ0v) is 11.9. The van der Waals surface area contributed by atoms with Gasteiger partial charge in [0.1, 0.15) is 0 Å². The summed E-state index contributed by atoms with van der Waals surface area (Å²) in [7, 11) is 4.03. The molecule has 0 spiro atoms. The second-order valence-corrected chi connectivity index (χ2v) is 5.90. The number of benzene rings is 1. The van der Waals surface area contributed by atoms with Gasteiger partial charge in [-0.05, 0) is 19.1 Å². The molecule has 0 atom stereocenters. The van der Waals surface area contributed by atoms with Crippen LogP contribution in [-0.2, 0) is 0 Å². The van der Waals surface area contributed by atoms with Gasteiger partial charge in [-0.3, -0.25) is 0 Å². The molecule has 0 bridgehead atoms. The highest BCUT2D eigenvalue weighted by Gasteiger charge is 2.10. The summed E-state index contributed by atoms with van der Waals surface area (Å²) >= 11 is 5.16. The molecule has 0 radical (unpaired) electrons. The summed E-state index contributed by atoms with van der Waals surface area (Å²) in [6, 6.07) is 8.27. The molecule has 0 aliphatic heterocycles. The Hall–Kier alpha value is -0.870. The van der Waals surface area contributed by atoms with Crippen molar-refractivity contribution in [1.82, 2.24) is 4.98 Å². The van der Waals surface area contributed by atoms with E-state index in [1.165, 1.54) is 10.4 Å². The molecule has 16 heavy (non-hydrogen) atoms. The summed E-state index contributed by atoms with van der Waals surface area (Å²) in [5.74, 6) is 0. The summed E-state index contributed by atoms with van der Waals surface area (Å²) in [6.45, 7) is 2.11. The molecule has 0 amide bonds. The van der Waals surface area contributed by atoms with Crippen molar-refractivity contribution in [3.8, 4) is 11.3 Å². The minimum absolute atomic E-state index is 1.05. The van der Waals surface area contributed by atoms with Gasteiger partial charge in [-0.25, -0.2) is 4.98 Å². The number of anilines is 1. The van der Waals surface area contributed by atoms with Crippen molar-refractivity contribution < 1.29 is 0 Å². The molecule has 0 fully saturated rings. The van der Waals surface area contributed by atoms with Gasteiger partial charge < -0.3 is 4.90 Å². The first kappa shape index (κ1) is 11.6. The standard InChI is InChI=1S/C12H13BrN2S/c1-8-11(14-12(16-8)15(2)3)9-4-6-10(13)7-5-9/h4-7H,1-3H3. The molecule has 2 rings (SSSR count). The van der Waals surface area contributed by atoms with Gasteiger partial charge >= 0.3 is 0 Å². The molecule has 1 heterocycles. The zero-order valence-electron chi connectivity index (χ0n) is 9.49. The Balaban J connectivity index is 2.44. The smallest absolute Gasteiger partial charge is 0.185 e. The van der Waals surface area contributed by atoms with Crippen molar-refractivity contribution in [2.45, 2.75) is 6.92 Å². The van der Waals surface area contributed by atoms with Crippen molar-refractivity contribution >= 4 is 32.4 Å². The third-order valence-corrected chi connectivity index (χ3v) is 3.95. The SMILES string of the molecule is Cc1sc(N(C)C)nc1-c1ccc(Br)cc1. The van der Waals surface area contributed by atoms with Crippen LogP contribution in [0.25, 0.3) is 11.3 Å². The fraction of sp³-hybridized carbons (Fsp3) is 0.250. The maximum atomic E-state index is 4.64.